The Morgan fingerprint density at radius 1 is 1.35 bits per heavy atom. The van der Waals surface area contributed by atoms with Crippen molar-refractivity contribution in [3.8, 4) is 0 Å². The third kappa shape index (κ3) is 5.22. The number of hydrogen-bond donors (Lipinski definition) is 3. The average molecular weight is 417 g/mol. The largest absolute Gasteiger partial charge is 0.356 e. The van der Waals surface area contributed by atoms with Crippen LogP contribution in [0.15, 0.2) is 4.79 Å². The molecule has 0 saturated heterocycles. The van der Waals surface area contributed by atoms with E-state index < -0.39 is 0 Å². The number of fused-ring (bicyclic) bond motifs is 3. The summed E-state index contributed by atoms with van der Waals surface area (Å²) in [7, 11) is 1.90. The van der Waals surface area contributed by atoms with Crippen LogP contribution in [0, 0.1) is 0 Å². The van der Waals surface area contributed by atoms with E-state index in [1.807, 2.05) is 7.05 Å². The van der Waals surface area contributed by atoms with Crippen molar-refractivity contribution in [3.63, 3.8) is 0 Å². The van der Waals surface area contributed by atoms with Gasteiger partial charge in [-0.25, -0.2) is 4.98 Å². The minimum atomic E-state index is -0.0118. The van der Waals surface area contributed by atoms with E-state index in [-0.39, 0.29) is 23.9 Å². The molecular weight excluding hydrogens is 392 g/mol. The number of amides is 1. The molecule has 2 aromatic heterocycles. The van der Waals surface area contributed by atoms with E-state index >= 15 is 0 Å². The van der Waals surface area contributed by atoms with Crippen LogP contribution in [0.5, 0.6) is 0 Å². The van der Waals surface area contributed by atoms with Crippen molar-refractivity contribution in [2.45, 2.75) is 37.9 Å². The van der Waals surface area contributed by atoms with Crippen molar-refractivity contribution in [3.05, 3.63) is 26.6 Å². The van der Waals surface area contributed by atoms with Gasteiger partial charge in [0.25, 0.3) is 5.56 Å². The number of halogens is 1. The Morgan fingerprint density at radius 3 is 3.00 bits per heavy atom. The van der Waals surface area contributed by atoms with Crippen molar-refractivity contribution in [1.29, 1.82) is 0 Å². The van der Waals surface area contributed by atoms with Crippen molar-refractivity contribution in [2.24, 2.45) is 0 Å². The predicted molar refractivity (Wildman–Crippen MR) is 112 cm³/mol. The molecule has 0 spiro atoms. The maximum absolute atomic E-state index is 12.4. The van der Waals surface area contributed by atoms with Crippen molar-refractivity contribution >= 4 is 51.6 Å². The van der Waals surface area contributed by atoms with Gasteiger partial charge in [0.1, 0.15) is 10.7 Å². The van der Waals surface area contributed by atoms with Crippen LogP contribution < -0.4 is 16.2 Å². The summed E-state index contributed by atoms with van der Waals surface area (Å²) in [5, 5.41) is 6.76. The first kappa shape index (κ1) is 21.2. The van der Waals surface area contributed by atoms with Gasteiger partial charge in [-0.05, 0) is 44.8 Å². The fourth-order valence-electron chi connectivity index (χ4n) is 3.03. The number of aromatic amines is 1. The smallest absolute Gasteiger partial charge is 0.259 e. The molecule has 0 unspecified atom stereocenters. The molecule has 2 aromatic rings. The highest BCUT2D eigenvalue weighted by Gasteiger charge is 2.20. The molecule has 2 heterocycles. The third-order valence-electron chi connectivity index (χ3n) is 4.26. The normalized spacial score (nSPS) is 12.8. The lowest BCUT2D eigenvalue weighted by molar-refractivity contribution is -0.120. The third-order valence-corrected chi connectivity index (χ3v) is 6.42. The second-order valence-electron chi connectivity index (χ2n) is 6.16. The Kier molecular flexibility index (Phi) is 8.40. The Labute approximate surface area is 167 Å². The average Bonchev–Trinajstić information content (AvgIpc) is 3.16. The molecular formula is C17H25ClN4O2S2. The fourth-order valence-corrected chi connectivity index (χ4v) is 5.12. The Hall–Kier alpha value is -1.09. The first-order valence-corrected chi connectivity index (χ1v) is 10.7. The topological polar surface area (TPSA) is 86.9 Å². The van der Waals surface area contributed by atoms with Crippen LogP contribution in [0.3, 0.4) is 0 Å². The number of carbonyl (C=O) groups is 1. The summed E-state index contributed by atoms with van der Waals surface area (Å²) in [6.07, 6.45) is 4.64. The number of H-pyrrole nitrogens is 1. The summed E-state index contributed by atoms with van der Waals surface area (Å²) in [5.74, 6) is 2.13. The summed E-state index contributed by atoms with van der Waals surface area (Å²) in [5.41, 5.74) is 1.20. The predicted octanol–water partition coefficient (Wildman–Crippen LogP) is 2.24. The molecule has 1 aliphatic rings. The van der Waals surface area contributed by atoms with E-state index in [1.165, 1.54) is 10.4 Å². The summed E-state index contributed by atoms with van der Waals surface area (Å²) in [4.78, 5) is 33.8. The molecule has 0 atom stereocenters. The molecule has 3 N–H and O–H groups in total. The molecule has 0 fully saturated rings. The second kappa shape index (κ2) is 10.3. The summed E-state index contributed by atoms with van der Waals surface area (Å²) in [6, 6.07) is 0. The lowest BCUT2D eigenvalue weighted by Crippen LogP contribution is -2.26. The summed E-state index contributed by atoms with van der Waals surface area (Å²) in [6.45, 7) is 1.61. The van der Waals surface area contributed by atoms with Crippen molar-refractivity contribution in [2.75, 3.05) is 25.9 Å². The number of rotatable bonds is 9. The first-order valence-electron chi connectivity index (χ1n) is 8.71. The first-order chi connectivity index (χ1) is 12.2. The number of aryl methyl sites for hydroxylation is 2. The molecule has 9 heteroatoms. The van der Waals surface area contributed by atoms with E-state index in [0.29, 0.717) is 24.5 Å². The summed E-state index contributed by atoms with van der Waals surface area (Å²) < 4.78 is 0. The van der Waals surface area contributed by atoms with Crippen LogP contribution in [-0.2, 0) is 23.4 Å². The van der Waals surface area contributed by atoms with Crippen LogP contribution in [0.2, 0.25) is 0 Å². The molecule has 0 saturated carbocycles. The van der Waals surface area contributed by atoms with Crippen LogP contribution in [-0.4, -0.2) is 41.8 Å². The zero-order valence-corrected chi connectivity index (χ0v) is 17.3. The molecule has 0 aromatic carbocycles. The van der Waals surface area contributed by atoms with E-state index in [0.717, 1.165) is 48.2 Å². The standard InChI is InChI=1S/C17H24N4O2S2.ClH/c1-18-7-3-8-19-14(22)6-9-24-10-13-20-16(23)15-11-4-2-5-12(11)25-17(15)21-13;/h18H,2-10H2,1H3,(H,19,22)(H,20,21,23);1H. The van der Waals surface area contributed by atoms with Gasteiger partial charge in [-0.2, -0.15) is 11.8 Å². The minimum Gasteiger partial charge on any atom is -0.356 e. The van der Waals surface area contributed by atoms with E-state index in [1.54, 1.807) is 23.1 Å². The number of thioether (sulfide) groups is 1. The molecule has 1 aliphatic carbocycles. The second-order valence-corrected chi connectivity index (χ2v) is 8.35. The maximum Gasteiger partial charge on any atom is 0.259 e. The minimum absolute atomic E-state index is 0. The van der Waals surface area contributed by atoms with Gasteiger partial charge >= 0.3 is 0 Å². The number of thiophene rings is 1. The van der Waals surface area contributed by atoms with Gasteiger partial charge in [0.05, 0.1) is 11.1 Å². The number of aromatic nitrogens is 2. The lowest BCUT2D eigenvalue weighted by Gasteiger charge is -2.05. The molecule has 1 amide bonds. The SMILES string of the molecule is CNCCCNC(=O)CCSCc1nc2sc3c(c2c(=O)[nH]1)CCC3.Cl. The van der Waals surface area contributed by atoms with Gasteiger partial charge < -0.3 is 15.6 Å². The highest BCUT2D eigenvalue weighted by molar-refractivity contribution is 7.98. The van der Waals surface area contributed by atoms with Crippen LogP contribution in [0.1, 0.15) is 35.5 Å². The molecule has 6 nitrogen and oxygen atoms in total. The molecule has 26 heavy (non-hydrogen) atoms. The number of hydrogen-bond acceptors (Lipinski definition) is 6. The highest BCUT2D eigenvalue weighted by atomic mass is 35.5. The lowest BCUT2D eigenvalue weighted by atomic mass is 10.2. The Morgan fingerprint density at radius 2 is 2.19 bits per heavy atom. The Bertz CT molecular complexity index is 806. The van der Waals surface area contributed by atoms with E-state index in [2.05, 4.69) is 20.6 Å². The van der Waals surface area contributed by atoms with Crippen molar-refractivity contribution in [1.82, 2.24) is 20.6 Å². The number of nitrogens with zero attached hydrogens (tertiary/aromatic N) is 1. The quantitative estimate of drug-likeness (QED) is 0.546. The van der Waals surface area contributed by atoms with Crippen LogP contribution in [0.25, 0.3) is 10.2 Å². The highest BCUT2D eigenvalue weighted by Crippen LogP contribution is 2.34. The zero-order chi connectivity index (χ0) is 17.6. The molecule has 3 rings (SSSR count). The van der Waals surface area contributed by atoms with Crippen molar-refractivity contribution < 1.29 is 4.79 Å². The van der Waals surface area contributed by atoms with Crippen LogP contribution >= 0.6 is 35.5 Å². The maximum atomic E-state index is 12.4. The van der Waals surface area contributed by atoms with Crippen LogP contribution in [0.4, 0.5) is 0 Å². The van der Waals surface area contributed by atoms with Gasteiger partial charge in [-0.1, -0.05) is 0 Å². The molecule has 0 radical (unpaired) electrons. The van der Waals surface area contributed by atoms with Gasteiger partial charge in [-0.15, -0.1) is 23.7 Å². The van der Waals surface area contributed by atoms with E-state index in [4.69, 9.17) is 0 Å². The van der Waals surface area contributed by atoms with Gasteiger partial charge in [-0.3, -0.25) is 9.59 Å². The Balaban J connectivity index is 0.00000243. The zero-order valence-electron chi connectivity index (χ0n) is 14.9. The summed E-state index contributed by atoms with van der Waals surface area (Å²) >= 11 is 3.29. The van der Waals surface area contributed by atoms with E-state index in [9.17, 15) is 9.59 Å². The molecule has 0 aliphatic heterocycles. The van der Waals surface area contributed by atoms with Gasteiger partial charge in [0, 0.05) is 23.6 Å². The number of carbonyl (C=O) groups excluding carboxylic acids is 1. The molecule has 144 valence electrons. The van der Waals surface area contributed by atoms with Gasteiger partial charge in [0.15, 0.2) is 0 Å². The molecule has 0 bridgehead atoms. The number of nitrogens with one attached hydrogen (secondary N) is 3. The van der Waals surface area contributed by atoms with Gasteiger partial charge in [0.2, 0.25) is 5.91 Å². The fraction of sp³-hybridized carbons (Fsp3) is 0.588. The monoisotopic (exact) mass is 416 g/mol.